The van der Waals surface area contributed by atoms with Crippen LogP contribution in [-0.4, -0.2) is 8.32 Å². The van der Waals surface area contributed by atoms with Gasteiger partial charge in [-0.05, 0) is 39.6 Å². The Hall–Kier alpha value is -0.503. The predicted octanol–water partition coefficient (Wildman–Crippen LogP) is 3.32. The Kier molecular flexibility index (Phi) is 3.59. The highest BCUT2D eigenvalue weighted by Gasteiger charge is 2.15. The van der Waals surface area contributed by atoms with Crippen LogP contribution in [-0.2, 0) is 4.43 Å². The van der Waals surface area contributed by atoms with Crippen molar-refractivity contribution in [2.75, 3.05) is 0 Å². The lowest BCUT2D eigenvalue weighted by Crippen LogP contribution is -2.24. The molecule has 0 aromatic heterocycles. The second kappa shape index (κ2) is 3.76. The molecule has 11 heavy (non-hydrogen) atoms. The van der Waals surface area contributed by atoms with E-state index in [4.69, 9.17) is 4.43 Å². The molecule has 0 heterocycles. The first kappa shape index (κ1) is 10.5. The minimum Gasteiger partial charge on any atom is -0.548 e. The molecule has 64 valence electrons. The molecule has 0 amide bonds. The molecule has 0 rings (SSSR count). The highest BCUT2D eigenvalue weighted by atomic mass is 28.4. The zero-order valence-electron chi connectivity index (χ0n) is 8.19. The van der Waals surface area contributed by atoms with Crippen LogP contribution in [0.4, 0.5) is 0 Å². The standard InChI is InChI=1S/C9H18OSi/c1-8(2)7-9(3)10-11(4,5)6/h7H,1H2,2-6H3/b9-7+. The van der Waals surface area contributed by atoms with Gasteiger partial charge in [0, 0.05) is 0 Å². The molecule has 0 N–H and O–H groups in total. The van der Waals surface area contributed by atoms with Crippen molar-refractivity contribution in [3.05, 3.63) is 24.0 Å². The molecule has 0 radical (unpaired) electrons. The van der Waals surface area contributed by atoms with Crippen LogP contribution < -0.4 is 0 Å². The fourth-order valence-corrected chi connectivity index (χ4v) is 1.88. The summed E-state index contributed by atoms with van der Waals surface area (Å²) < 4.78 is 5.69. The van der Waals surface area contributed by atoms with Crippen LogP contribution in [0, 0.1) is 0 Å². The van der Waals surface area contributed by atoms with Crippen LogP contribution in [0.1, 0.15) is 13.8 Å². The predicted molar refractivity (Wildman–Crippen MR) is 53.0 cm³/mol. The summed E-state index contributed by atoms with van der Waals surface area (Å²) in [6, 6.07) is 0. The lowest BCUT2D eigenvalue weighted by atomic mass is 10.3. The van der Waals surface area contributed by atoms with Crippen molar-refractivity contribution in [1.29, 1.82) is 0 Å². The first-order valence-corrected chi connectivity index (χ1v) is 7.25. The Balaban J connectivity index is 4.07. The van der Waals surface area contributed by atoms with Crippen molar-refractivity contribution in [3.8, 4) is 0 Å². The van der Waals surface area contributed by atoms with Gasteiger partial charge in [-0.1, -0.05) is 12.2 Å². The van der Waals surface area contributed by atoms with Gasteiger partial charge in [-0.2, -0.15) is 0 Å². The largest absolute Gasteiger partial charge is 0.548 e. The van der Waals surface area contributed by atoms with E-state index in [1.807, 2.05) is 19.9 Å². The van der Waals surface area contributed by atoms with Crippen molar-refractivity contribution in [1.82, 2.24) is 0 Å². The van der Waals surface area contributed by atoms with Gasteiger partial charge < -0.3 is 4.43 Å². The van der Waals surface area contributed by atoms with Crippen LogP contribution in [0.3, 0.4) is 0 Å². The maximum absolute atomic E-state index is 5.69. The summed E-state index contributed by atoms with van der Waals surface area (Å²) in [6.45, 7) is 14.2. The molecule has 0 saturated heterocycles. The monoisotopic (exact) mass is 170 g/mol. The van der Waals surface area contributed by atoms with Crippen molar-refractivity contribution < 1.29 is 4.43 Å². The van der Waals surface area contributed by atoms with E-state index in [2.05, 4.69) is 26.2 Å². The van der Waals surface area contributed by atoms with E-state index in [1.165, 1.54) is 0 Å². The molecule has 0 saturated carbocycles. The molecule has 2 heteroatoms. The SMILES string of the molecule is C=C(C)/C=C(\C)O[Si](C)(C)C. The van der Waals surface area contributed by atoms with Crippen molar-refractivity contribution in [2.45, 2.75) is 33.5 Å². The Morgan fingerprint density at radius 2 is 1.73 bits per heavy atom. The van der Waals surface area contributed by atoms with Gasteiger partial charge >= 0.3 is 0 Å². The Bertz CT molecular complexity index is 174. The summed E-state index contributed by atoms with van der Waals surface area (Å²) in [5.74, 6) is 0.983. The molecule has 0 aromatic carbocycles. The van der Waals surface area contributed by atoms with Gasteiger partial charge in [0.05, 0.1) is 5.76 Å². The molecule has 0 fully saturated rings. The van der Waals surface area contributed by atoms with Gasteiger partial charge in [0.1, 0.15) is 0 Å². The number of allylic oxidation sites excluding steroid dienone is 3. The maximum atomic E-state index is 5.69. The van der Waals surface area contributed by atoms with Gasteiger partial charge in [0.2, 0.25) is 8.32 Å². The van der Waals surface area contributed by atoms with Crippen molar-refractivity contribution >= 4 is 8.32 Å². The second-order valence-corrected chi connectivity index (χ2v) is 8.24. The molecule has 0 bridgehead atoms. The third-order valence-corrected chi connectivity index (χ3v) is 1.85. The molecule has 0 unspecified atom stereocenters. The van der Waals surface area contributed by atoms with Gasteiger partial charge in [-0.3, -0.25) is 0 Å². The van der Waals surface area contributed by atoms with Gasteiger partial charge in [0.15, 0.2) is 0 Å². The highest BCUT2D eigenvalue weighted by molar-refractivity contribution is 6.70. The molecule has 0 atom stereocenters. The molecular weight excluding hydrogens is 152 g/mol. The van der Waals surface area contributed by atoms with E-state index in [1.54, 1.807) is 0 Å². The van der Waals surface area contributed by atoms with E-state index < -0.39 is 8.32 Å². The second-order valence-electron chi connectivity index (χ2n) is 3.82. The van der Waals surface area contributed by atoms with E-state index >= 15 is 0 Å². The average Bonchev–Trinajstić information content (AvgIpc) is 1.53. The molecule has 0 aliphatic carbocycles. The van der Waals surface area contributed by atoms with E-state index in [0.29, 0.717) is 0 Å². The molecule has 1 nitrogen and oxygen atoms in total. The number of rotatable bonds is 3. The summed E-state index contributed by atoms with van der Waals surface area (Å²) >= 11 is 0. The fourth-order valence-electron chi connectivity index (χ4n) is 0.859. The van der Waals surface area contributed by atoms with Crippen LogP contribution >= 0.6 is 0 Å². The molecule has 0 aliphatic heterocycles. The van der Waals surface area contributed by atoms with Crippen LogP contribution in [0.25, 0.3) is 0 Å². The van der Waals surface area contributed by atoms with E-state index in [9.17, 15) is 0 Å². The summed E-state index contributed by atoms with van der Waals surface area (Å²) in [5.41, 5.74) is 1.04. The zero-order valence-corrected chi connectivity index (χ0v) is 9.19. The molecular formula is C9H18OSi. The first-order valence-electron chi connectivity index (χ1n) is 3.84. The van der Waals surface area contributed by atoms with Crippen molar-refractivity contribution in [3.63, 3.8) is 0 Å². The summed E-state index contributed by atoms with van der Waals surface area (Å²) in [5, 5.41) is 0. The summed E-state index contributed by atoms with van der Waals surface area (Å²) in [7, 11) is -1.40. The average molecular weight is 170 g/mol. The Morgan fingerprint density at radius 3 is 2.00 bits per heavy atom. The highest BCUT2D eigenvalue weighted by Crippen LogP contribution is 2.10. The first-order chi connectivity index (χ1) is 4.81. The number of hydrogen-bond acceptors (Lipinski definition) is 1. The van der Waals surface area contributed by atoms with Gasteiger partial charge in [0.25, 0.3) is 0 Å². The quantitative estimate of drug-likeness (QED) is 0.359. The van der Waals surface area contributed by atoms with Gasteiger partial charge in [-0.15, -0.1) is 0 Å². The van der Waals surface area contributed by atoms with Crippen LogP contribution in [0.15, 0.2) is 24.0 Å². The van der Waals surface area contributed by atoms with E-state index in [0.717, 1.165) is 11.3 Å². The fraction of sp³-hybridized carbons (Fsp3) is 0.556. The minimum atomic E-state index is -1.40. The van der Waals surface area contributed by atoms with Crippen LogP contribution in [0.5, 0.6) is 0 Å². The lowest BCUT2D eigenvalue weighted by molar-refractivity contribution is 0.424. The van der Waals surface area contributed by atoms with Crippen LogP contribution in [0.2, 0.25) is 19.6 Å². The zero-order chi connectivity index (χ0) is 9.07. The third-order valence-electron chi connectivity index (χ3n) is 0.917. The third kappa shape index (κ3) is 7.39. The molecule has 0 spiro atoms. The van der Waals surface area contributed by atoms with E-state index in [-0.39, 0.29) is 0 Å². The lowest BCUT2D eigenvalue weighted by Gasteiger charge is -2.19. The molecule has 0 aromatic rings. The van der Waals surface area contributed by atoms with Crippen molar-refractivity contribution in [2.24, 2.45) is 0 Å². The normalized spacial score (nSPS) is 13.0. The molecule has 0 aliphatic rings. The Labute approximate surface area is 70.9 Å². The summed E-state index contributed by atoms with van der Waals surface area (Å²) in [6.07, 6.45) is 1.97. The maximum Gasteiger partial charge on any atom is 0.241 e. The number of hydrogen-bond donors (Lipinski definition) is 0. The minimum absolute atomic E-state index is 0.983. The topological polar surface area (TPSA) is 9.23 Å². The van der Waals surface area contributed by atoms with Gasteiger partial charge in [-0.25, -0.2) is 0 Å². The Morgan fingerprint density at radius 1 is 1.27 bits per heavy atom. The summed E-state index contributed by atoms with van der Waals surface area (Å²) in [4.78, 5) is 0. The smallest absolute Gasteiger partial charge is 0.241 e.